The Labute approximate surface area is 130 Å². The Kier molecular flexibility index (Phi) is 3.54. The standard InChI is InChI=1S/C16H14N2O3S/c1-9(16(20)21)18-8-17-14-13(15(18)19)12(10(2)22-14)11-6-4-3-5-7-11/h3-9H,1-2H3,(H,20,21)/t9-/m1/s1. The van der Waals surface area contributed by atoms with E-state index in [0.717, 1.165) is 16.0 Å². The highest BCUT2D eigenvalue weighted by Crippen LogP contribution is 2.35. The lowest BCUT2D eigenvalue weighted by molar-refractivity contribution is -0.140. The summed E-state index contributed by atoms with van der Waals surface area (Å²) < 4.78 is 1.17. The molecule has 112 valence electrons. The lowest BCUT2D eigenvalue weighted by atomic mass is 10.0. The third-order valence-corrected chi connectivity index (χ3v) is 4.66. The van der Waals surface area contributed by atoms with Crippen molar-refractivity contribution in [1.29, 1.82) is 0 Å². The Bertz CT molecular complexity index is 912. The maximum absolute atomic E-state index is 12.7. The summed E-state index contributed by atoms with van der Waals surface area (Å²) in [6.07, 6.45) is 1.31. The molecule has 0 aliphatic heterocycles. The first kappa shape index (κ1) is 14.5. The lowest BCUT2D eigenvalue weighted by Gasteiger charge is -2.10. The van der Waals surface area contributed by atoms with Gasteiger partial charge < -0.3 is 5.11 Å². The number of carbonyl (C=O) groups is 1. The molecule has 1 aromatic carbocycles. The predicted molar refractivity (Wildman–Crippen MR) is 86.4 cm³/mol. The molecule has 0 spiro atoms. The molecule has 2 heterocycles. The zero-order chi connectivity index (χ0) is 15.9. The molecule has 5 nitrogen and oxygen atoms in total. The van der Waals surface area contributed by atoms with Crippen LogP contribution in [0.2, 0.25) is 0 Å². The molecular weight excluding hydrogens is 300 g/mol. The van der Waals surface area contributed by atoms with Gasteiger partial charge in [0.15, 0.2) is 0 Å². The number of carboxylic acid groups (broad SMARTS) is 1. The zero-order valence-corrected chi connectivity index (χ0v) is 12.9. The third-order valence-electron chi connectivity index (χ3n) is 3.65. The first-order chi connectivity index (χ1) is 10.5. The molecule has 3 aromatic rings. The minimum atomic E-state index is -1.06. The molecule has 0 unspecified atom stereocenters. The normalized spacial score (nSPS) is 12.5. The number of nitrogens with zero attached hydrogens (tertiary/aromatic N) is 2. The van der Waals surface area contributed by atoms with Crippen LogP contribution in [0, 0.1) is 6.92 Å². The summed E-state index contributed by atoms with van der Waals surface area (Å²) in [6, 6.07) is 8.65. The molecule has 0 aliphatic carbocycles. The van der Waals surface area contributed by atoms with Gasteiger partial charge in [-0.2, -0.15) is 0 Å². The van der Waals surface area contributed by atoms with Crippen molar-refractivity contribution in [3.63, 3.8) is 0 Å². The molecule has 22 heavy (non-hydrogen) atoms. The molecule has 0 fully saturated rings. The topological polar surface area (TPSA) is 72.2 Å². The van der Waals surface area contributed by atoms with Gasteiger partial charge in [-0.1, -0.05) is 30.3 Å². The Morgan fingerprint density at radius 2 is 2.00 bits per heavy atom. The molecule has 2 aromatic heterocycles. The number of fused-ring (bicyclic) bond motifs is 1. The number of hydrogen-bond acceptors (Lipinski definition) is 4. The number of rotatable bonds is 3. The van der Waals surface area contributed by atoms with Crippen molar-refractivity contribution in [2.24, 2.45) is 0 Å². The summed E-state index contributed by atoms with van der Waals surface area (Å²) in [7, 11) is 0. The van der Waals surface area contributed by atoms with Crippen molar-refractivity contribution in [3.8, 4) is 11.1 Å². The lowest BCUT2D eigenvalue weighted by Crippen LogP contribution is -2.28. The van der Waals surface area contributed by atoms with Gasteiger partial charge in [-0.25, -0.2) is 9.78 Å². The second kappa shape index (κ2) is 5.38. The summed E-state index contributed by atoms with van der Waals surface area (Å²) in [5.74, 6) is -1.06. The van der Waals surface area contributed by atoms with Gasteiger partial charge in [0.05, 0.1) is 11.7 Å². The van der Waals surface area contributed by atoms with Crippen molar-refractivity contribution in [2.45, 2.75) is 19.9 Å². The van der Waals surface area contributed by atoms with Crippen LogP contribution in [-0.2, 0) is 4.79 Å². The fraction of sp³-hybridized carbons (Fsp3) is 0.188. The van der Waals surface area contributed by atoms with Gasteiger partial charge in [0.2, 0.25) is 0 Å². The van der Waals surface area contributed by atoms with Crippen molar-refractivity contribution < 1.29 is 9.90 Å². The number of thiophene rings is 1. The Morgan fingerprint density at radius 3 is 2.64 bits per heavy atom. The maximum Gasteiger partial charge on any atom is 0.326 e. The molecule has 0 amide bonds. The molecule has 0 radical (unpaired) electrons. The molecule has 3 rings (SSSR count). The van der Waals surface area contributed by atoms with E-state index in [2.05, 4.69) is 4.98 Å². The Morgan fingerprint density at radius 1 is 1.32 bits per heavy atom. The van der Waals surface area contributed by atoms with E-state index in [9.17, 15) is 9.59 Å². The minimum absolute atomic E-state index is 0.317. The van der Waals surface area contributed by atoms with Gasteiger partial charge in [-0.3, -0.25) is 9.36 Å². The quantitative estimate of drug-likeness (QED) is 0.806. The number of aromatic nitrogens is 2. The van der Waals surface area contributed by atoms with Gasteiger partial charge in [0.1, 0.15) is 10.9 Å². The largest absolute Gasteiger partial charge is 0.480 e. The molecule has 0 saturated heterocycles. The van der Waals surface area contributed by atoms with Gasteiger partial charge >= 0.3 is 5.97 Å². The van der Waals surface area contributed by atoms with Gasteiger partial charge in [-0.05, 0) is 19.4 Å². The monoisotopic (exact) mass is 314 g/mol. The van der Waals surface area contributed by atoms with E-state index in [0.29, 0.717) is 10.2 Å². The fourth-order valence-corrected chi connectivity index (χ4v) is 3.47. The van der Waals surface area contributed by atoms with Crippen LogP contribution in [0.5, 0.6) is 0 Å². The predicted octanol–water partition coefficient (Wildman–Crippen LogP) is 3.08. The summed E-state index contributed by atoms with van der Waals surface area (Å²) >= 11 is 1.44. The SMILES string of the molecule is Cc1sc2ncn([C@H](C)C(=O)O)c(=O)c2c1-c1ccccc1. The van der Waals surface area contributed by atoms with E-state index in [1.807, 2.05) is 37.3 Å². The first-order valence-electron chi connectivity index (χ1n) is 6.79. The van der Waals surface area contributed by atoms with E-state index in [1.54, 1.807) is 0 Å². The van der Waals surface area contributed by atoms with Gasteiger partial charge in [0.25, 0.3) is 5.56 Å². The van der Waals surface area contributed by atoms with Crippen LogP contribution in [0.3, 0.4) is 0 Å². The Balaban J connectivity index is 2.35. The zero-order valence-electron chi connectivity index (χ0n) is 12.1. The molecule has 1 N–H and O–H groups in total. The number of benzene rings is 1. The van der Waals surface area contributed by atoms with Crippen LogP contribution in [0.1, 0.15) is 17.8 Å². The molecular formula is C16H14N2O3S. The average molecular weight is 314 g/mol. The smallest absolute Gasteiger partial charge is 0.326 e. The summed E-state index contributed by atoms with van der Waals surface area (Å²) in [4.78, 5) is 29.8. The molecule has 0 aliphatic rings. The molecule has 0 saturated carbocycles. The van der Waals surface area contributed by atoms with E-state index >= 15 is 0 Å². The number of carboxylic acids is 1. The highest BCUT2D eigenvalue weighted by Gasteiger charge is 2.21. The summed E-state index contributed by atoms with van der Waals surface area (Å²) in [5.41, 5.74) is 1.46. The number of aliphatic carboxylic acids is 1. The minimum Gasteiger partial charge on any atom is -0.480 e. The van der Waals surface area contributed by atoms with Crippen LogP contribution >= 0.6 is 11.3 Å². The van der Waals surface area contributed by atoms with Crippen molar-refractivity contribution in [1.82, 2.24) is 9.55 Å². The van der Waals surface area contributed by atoms with Crippen LogP contribution in [-0.4, -0.2) is 20.6 Å². The fourth-order valence-electron chi connectivity index (χ4n) is 2.46. The van der Waals surface area contributed by atoms with Crippen LogP contribution in [0.15, 0.2) is 41.5 Å². The van der Waals surface area contributed by atoms with Crippen LogP contribution in [0.25, 0.3) is 21.3 Å². The van der Waals surface area contributed by atoms with E-state index in [-0.39, 0.29) is 5.56 Å². The number of hydrogen-bond donors (Lipinski definition) is 1. The van der Waals surface area contributed by atoms with E-state index in [1.165, 1.54) is 29.2 Å². The van der Waals surface area contributed by atoms with Crippen molar-refractivity contribution in [2.75, 3.05) is 0 Å². The summed E-state index contributed by atoms with van der Waals surface area (Å²) in [5, 5.41) is 9.63. The average Bonchev–Trinajstić information content (AvgIpc) is 2.85. The second-order valence-electron chi connectivity index (χ2n) is 5.05. The summed E-state index contributed by atoms with van der Waals surface area (Å²) in [6.45, 7) is 3.41. The van der Waals surface area contributed by atoms with Crippen molar-refractivity contribution in [3.05, 3.63) is 51.9 Å². The first-order valence-corrected chi connectivity index (χ1v) is 7.61. The van der Waals surface area contributed by atoms with Gasteiger partial charge in [-0.15, -0.1) is 11.3 Å². The van der Waals surface area contributed by atoms with Gasteiger partial charge in [0, 0.05) is 10.4 Å². The second-order valence-corrected chi connectivity index (χ2v) is 6.25. The van der Waals surface area contributed by atoms with Crippen molar-refractivity contribution >= 4 is 27.5 Å². The highest BCUT2D eigenvalue weighted by molar-refractivity contribution is 7.19. The van der Waals surface area contributed by atoms with E-state index < -0.39 is 12.0 Å². The van der Waals surface area contributed by atoms with E-state index in [4.69, 9.17) is 5.11 Å². The van der Waals surface area contributed by atoms with Crippen LogP contribution < -0.4 is 5.56 Å². The molecule has 1 atom stereocenters. The maximum atomic E-state index is 12.7. The Hall–Kier alpha value is -2.47. The number of aryl methyl sites for hydroxylation is 1. The molecule has 6 heteroatoms. The third kappa shape index (κ3) is 2.21. The molecule has 0 bridgehead atoms. The van der Waals surface area contributed by atoms with Crippen LogP contribution in [0.4, 0.5) is 0 Å². The highest BCUT2D eigenvalue weighted by atomic mass is 32.1.